The van der Waals surface area contributed by atoms with Gasteiger partial charge in [-0.15, -0.1) is 0 Å². The summed E-state index contributed by atoms with van der Waals surface area (Å²) >= 11 is 0. The third-order valence-corrected chi connectivity index (χ3v) is 9.03. The Morgan fingerprint density at radius 2 is 1.68 bits per heavy atom. The number of imidazole rings is 1. The molecular formula is C32H22F3N9O2S. The number of nitrogens with zero attached hydrogens (tertiary/aromatic N) is 6. The molecule has 7 rings (SSSR count). The first-order chi connectivity index (χ1) is 22.6. The monoisotopic (exact) mass is 653 g/mol. The molecule has 0 aliphatic carbocycles. The Morgan fingerprint density at radius 3 is 2.51 bits per heavy atom. The maximum Gasteiger partial charge on any atom is 0.262 e. The molecule has 0 saturated carbocycles. The van der Waals surface area contributed by atoms with Gasteiger partial charge in [-0.25, -0.2) is 41.5 Å². The van der Waals surface area contributed by atoms with Crippen molar-refractivity contribution in [3.63, 3.8) is 0 Å². The first kappa shape index (κ1) is 29.6. The second-order valence-corrected chi connectivity index (χ2v) is 12.0. The lowest BCUT2D eigenvalue weighted by Crippen LogP contribution is -2.16. The van der Waals surface area contributed by atoms with Crippen molar-refractivity contribution >= 4 is 55.0 Å². The largest absolute Gasteiger partial charge is 0.398 e. The number of rotatable bonds is 7. The number of nitrogens with two attached hydrogens (primary N) is 1. The first-order valence-corrected chi connectivity index (χ1v) is 15.4. The number of nitrogen functional groups attached to an aromatic ring is 1. The van der Waals surface area contributed by atoms with E-state index in [9.17, 15) is 12.8 Å². The summed E-state index contributed by atoms with van der Waals surface area (Å²) in [4.78, 5) is 21.5. The van der Waals surface area contributed by atoms with Crippen molar-refractivity contribution in [2.45, 2.75) is 11.8 Å². The number of hydrogen-bond acceptors (Lipinski definition) is 9. The number of sulfonamides is 1. The molecule has 4 N–H and O–H groups in total. The Kier molecular flexibility index (Phi) is 7.16. The Morgan fingerprint density at radius 1 is 0.851 bits per heavy atom. The van der Waals surface area contributed by atoms with Crippen LogP contribution in [0.25, 0.3) is 39.0 Å². The van der Waals surface area contributed by atoms with E-state index < -0.39 is 43.7 Å². The van der Waals surface area contributed by atoms with Gasteiger partial charge in [0.05, 0.1) is 27.1 Å². The number of aromatic nitrogens is 6. The third kappa shape index (κ3) is 5.21. The molecule has 47 heavy (non-hydrogen) atoms. The van der Waals surface area contributed by atoms with Crippen LogP contribution in [0.15, 0.2) is 96.7 Å². The van der Waals surface area contributed by atoms with Gasteiger partial charge in [0.15, 0.2) is 11.6 Å². The van der Waals surface area contributed by atoms with Crippen LogP contribution in [-0.2, 0) is 10.0 Å². The number of pyridine rings is 2. The van der Waals surface area contributed by atoms with Crippen LogP contribution in [0.4, 0.5) is 36.1 Å². The zero-order valence-corrected chi connectivity index (χ0v) is 25.1. The van der Waals surface area contributed by atoms with E-state index in [1.165, 1.54) is 25.4 Å². The Hall–Kier alpha value is -6.09. The van der Waals surface area contributed by atoms with Crippen molar-refractivity contribution in [2.24, 2.45) is 0 Å². The molecule has 0 aliphatic rings. The first-order valence-electron chi connectivity index (χ1n) is 13.9. The molecule has 0 aliphatic heterocycles. The highest BCUT2D eigenvalue weighted by molar-refractivity contribution is 7.92. The van der Waals surface area contributed by atoms with Crippen molar-refractivity contribution in [3.05, 3.63) is 115 Å². The molecule has 0 saturated heterocycles. The average molecular weight is 654 g/mol. The van der Waals surface area contributed by atoms with Crippen molar-refractivity contribution in [2.75, 3.05) is 15.8 Å². The lowest BCUT2D eigenvalue weighted by molar-refractivity contribution is 0.585. The highest BCUT2D eigenvalue weighted by Crippen LogP contribution is 2.34. The highest BCUT2D eigenvalue weighted by Gasteiger charge is 2.24. The maximum absolute atomic E-state index is 15.7. The van der Waals surface area contributed by atoms with Gasteiger partial charge in [-0.3, -0.25) is 14.3 Å². The van der Waals surface area contributed by atoms with Crippen LogP contribution < -0.4 is 15.8 Å². The fourth-order valence-corrected chi connectivity index (χ4v) is 6.48. The summed E-state index contributed by atoms with van der Waals surface area (Å²) in [5.41, 5.74) is 8.68. The van der Waals surface area contributed by atoms with E-state index in [0.717, 1.165) is 23.8 Å². The number of halogens is 3. The number of fused-ring (bicyclic) bond motifs is 2. The number of hydrogen-bond donors (Lipinski definition) is 3. The van der Waals surface area contributed by atoms with Crippen LogP contribution in [0.3, 0.4) is 0 Å². The SMILES string of the molecule is Cc1c(F)cccc1S(=O)(=O)Nc1ccc(F)c(Nc2ncnc3ccc(-n4cnc5c(-c6cnccc6N)cccc54)nc23)c1F. The van der Waals surface area contributed by atoms with Gasteiger partial charge in [0.1, 0.15) is 41.3 Å². The van der Waals surface area contributed by atoms with E-state index in [1.54, 1.807) is 41.5 Å². The quantitative estimate of drug-likeness (QED) is 0.180. The zero-order chi connectivity index (χ0) is 32.9. The maximum atomic E-state index is 15.7. The summed E-state index contributed by atoms with van der Waals surface area (Å²) in [5.74, 6) is -2.68. The minimum atomic E-state index is -4.44. The Labute approximate surface area is 265 Å². The molecule has 0 unspecified atom stereocenters. The van der Waals surface area contributed by atoms with E-state index in [4.69, 9.17) is 5.73 Å². The number of anilines is 4. The second kappa shape index (κ2) is 11.4. The summed E-state index contributed by atoms with van der Waals surface area (Å²) in [5, 5.41) is 2.61. The van der Waals surface area contributed by atoms with E-state index >= 15 is 8.78 Å². The Balaban J connectivity index is 1.27. The van der Waals surface area contributed by atoms with Gasteiger partial charge in [0.2, 0.25) is 0 Å². The number of para-hydroxylation sites is 1. The average Bonchev–Trinajstić information content (AvgIpc) is 3.50. The predicted octanol–water partition coefficient (Wildman–Crippen LogP) is 6.28. The fraction of sp³-hybridized carbons (Fsp3) is 0.0312. The van der Waals surface area contributed by atoms with Gasteiger partial charge in [-0.05, 0) is 55.5 Å². The topological polar surface area (TPSA) is 154 Å². The van der Waals surface area contributed by atoms with Crippen molar-refractivity contribution in [1.82, 2.24) is 29.5 Å². The van der Waals surface area contributed by atoms with Crippen LogP contribution in [0.1, 0.15) is 5.56 Å². The second-order valence-electron chi connectivity index (χ2n) is 10.4. The normalized spacial score (nSPS) is 11.7. The van der Waals surface area contributed by atoms with Crippen molar-refractivity contribution < 1.29 is 21.6 Å². The van der Waals surface area contributed by atoms with Crippen LogP contribution in [0.5, 0.6) is 0 Å². The molecule has 0 amide bonds. The van der Waals surface area contributed by atoms with Crippen LogP contribution in [0, 0.1) is 24.4 Å². The standard InChI is InChI=1S/C32H22F3N9O2S/c1-17-20(33)5-3-7-26(17)47(45,46)43-23-9-8-21(34)30(28(23)35)42-32-31-24(38-15-39-32)10-11-27(41-31)44-16-40-29-18(4-2-6-25(29)44)19-14-37-13-12-22(19)36/h2-16,43H,1H3,(H2,36,37)(H,38,39,42). The molecule has 15 heteroatoms. The molecular weight excluding hydrogens is 631 g/mol. The van der Waals surface area contributed by atoms with Crippen LogP contribution in [-0.4, -0.2) is 37.9 Å². The summed E-state index contributed by atoms with van der Waals surface area (Å²) in [6, 6.07) is 16.0. The van der Waals surface area contributed by atoms with Gasteiger partial charge in [0.25, 0.3) is 10.0 Å². The third-order valence-electron chi connectivity index (χ3n) is 7.52. The minimum absolute atomic E-state index is 0.0520. The van der Waals surface area contributed by atoms with E-state index in [1.807, 2.05) is 18.2 Å². The fourth-order valence-electron chi connectivity index (χ4n) is 5.17. The van der Waals surface area contributed by atoms with Crippen molar-refractivity contribution in [1.29, 1.82) is 0 Å². The lowest BCUT2D eigenvalue weighted by Gasteiger charge is -2.15. The zero-order valence-electron chi connectivity index (χ0n) is 24.3. The molecule has 11 nitrogen and oxygen atoms in total. The number of nitrogens with one attached hydrogen (secondary N) is 2. The molecule has 4 heterocycles. The highest BCUT2D eigenvalue weighted by atomic mass is 32.2. The lowest BCUT2D eigenvalue weighted by atomic mass is 10.0. The molecule has 0 bridgehead atoms. The van der Waals surface area contributed by atoms with Crippen LogP contribution in [0.2, 0.25) is 0 Å². The van der Waals surface area contributed by atoms with Gasteiger partial charge < -0.3 is 11.1 Å². The molecule has 7 aromatic rings. The molecule has 0 atom stereocenters. The predicted molar refractivity (Wildman–Crippen MR) is 171 cm³/mol. The molecule has 3 aromatic carbocycles. The van der Waals surface area contributed by atoms with E-state index in [-0.39, 0.29) is 16.9 Å². The Bertz CT molecular complexity index is 2470. The molecule has 0 fully saturated rings. The van der Waals surface area contributed by atoms with Crippen molar-refractivity contribution in [3.8, 4) is 16.9 Å². The molecule has 4 aromatic heterocycles. The van der Waals surface area contributed by atoms with Gasteiger partial charge in [0, 0.05) is 34.8 Å². The summed E-state index contributed by atoms with van der Waals surface area (Å²) in [6.07, 6.45) is 6.04. The van der Waals surface area contributed by atoms with Gasteiger partial charge in [-0.2, -0.15) is 0 Å². The molecule has 234 valence electrons. The van der Waals surface area contributed by atoms with Crippen LogP contribution >= 0.6 is 0 Å². The van der Waals surface area contributed by atoms with Gasteiger partial charge >= 0.3 is 0 Å². The molecule has 0 radical (unpaired) electrons. The van der Waals surface area contributed by atoms with Gasteiger partial charge in [-0.1, -0.05) is 18.2 Å². The van der Waals surface area contributed by atoms with E-state index in [0.29, 0.717) is 33.6 Å². The summed E-state index contributed by atoms with van der Waals surface area (Å²) in [6.45, 7) is 1.28. The summed E-state index contributed by atoms with van der Waals surface area (Å²) < 4.78 is 74.7. The molecule has 0 spiro atoms. The smallest absolute Gasteiger partial charge is 0.262 e. The summed E-state index contributed by atoms with van der Waals surface area (Å²) in [7, 11) is -4.44. The number of benzene rings is 3. The minimum Gasteiger partial charge on any atom is -0.398 e. The van der Waals surface area contributed by atoms with E-state index in [2.05, 4.69) is 35.0 Å².